The van der Waals surface area contributed by atoms with Crippen LogP contribution in [0.15, 0.2) is 36.7 Å². The maximum atomic E-state index is 12.6. The summed E-state index contributed by atoms with van der Waals surface area (Å²) in [7, 11) is 1.68. The van der Waals surface area contributed by atoms with Gasteiger partial charge in [0.1, 0.15) is 23.6 Å². The van der Waals surface area contributed by atoms with Crippen molar-refractivity contribution < 1.29 is 9.53 Å². The average Bonchev–Trinajstić information content (AvgIpc) is 2.68. The molecule has 1 aromatic heterocycles. The number of ether oxygens (including phenoxy) is 1. The van der Waals surface area contributed by atoms with Crippen molar-refractivity contribution in [1.29, 1.82) is 0 Å². The summed E-state index contributed by atoms with van der Waals surface area (Å²) in [4.78, 5) is 22.9. The largest absolute Gasteiger partial charge is 0.496 e. The number of benzene rings is 1. The van der Waals surface area contributed by atoms with Crippen LogP contribution < -0.4 is 10.1 Å². The van der Waals surface area contributed by atoms with E-state index in [9.17, 15) is 4.79 Å². The molecule has 1 aromatic carbocycles. The Kier molecular flexibility index (Phi) is 6.04. The molecule has 1 amide bonds. The van der Waals surface area contributed by atoms with E-state index in [4.69, 9.17) is 4.74 Å². The first-order valence-corrected chi connectivity index (χ1v) is 9.14. The topological polar surface area (TPSA) is 67.3 Å². The van der Waals surface area contributed by atoms with Crippen LogP contribution in [0.25, 0.3) is 0 Å². The molecule has 1 aliphatic heterocycles. The van der Waals surface area contributed by atoms with E-state index in [-0.39, 0.29) is 5.91 Å². The van der Waals surface area contributed by atoms with E-state index in [1.807, 2.05) is 29.2 Å². The molecular weight excluding hydrogens is 328 g/mol. The van der Waals surface area contributed by atoms with E-state index >= 15 is 0 Å². The number of rotatable bonds is 6. The van der Waals surface area contributed by atoms with Gasteiger partial charge in [-0.2, -0.15) is 0 Å². The molecule has 0 spiro atoms. The number of carbonyl (C=O) groups excluding carboxylic acids is 1. The van der Waals surface area contributed by atoms with Crippen LogP contribution in [0.2, 0.25) is 0 Å². The summed E-state index contributed by atoms with van der Waals surface area (Å²) in [5.74, 6) is 2.24. The van der Waals surface area contributed by atoms with Crippen molar-refractivity contribution in [3.05, 3.63) is 47.9 Å². The van der Waals surface area contributed by atoms with Crippen LogP contribution in [0, 0.1) is 5.92 Å². The molecule has 1 N–H and O–H groups in total. The summed E-state index contributed by atoms with van der Waals surface area (Å²) in [6.07, 6.45) is 4.37. The van der Waals surface area contributed by atoms with Crippen LogP contribution in [0.3, 0.4) is 0 Å². The van der Waals surface area contributed by atoms with Crippen molar-refractivity contribution in [1.82, 2.24) is 14.9 Å². The Morgan fingerprint density at radius 1 is 1.27 bits per heavy atom. The quantitative estimate of drug-likeness (QED) is 0.864. The monoisotopic (exact) mass is 354 g/mol. The predicted octanol–water partition coefficient (Wildman–Crippen LogP) is 3.01. The lowest BCUT2D eigenvalue weighted by atomic mass is 9.99. The Balaban J connectivity index is 1.58. The highest BCUT2D eigenvalue weighted by molar-refractivity contribution is 5.92. The van der Waals surface area contributed by atoms with Crippen LogP contribution >= 0.6 is 0 Å². The molecule has 26 heavy (non-hydrogen) atoms. The molecule has 3 rings (SSSR count). The highest BCUT2D eigenvalue weighted by atomic mass is 16.5. The highest BCUT2D eigenvalue weighted by Gasteiger charge is 2.22. The Morgan fingerprint density at radius 3 is 2.81 bits per heavy atom. The Hall–Kier alpha value is -2.63. The van der Waals surface area contributed by atoms with Gasteiger partial charge in [-0.25, -0.2) is 9.97 Å². The summed E-state index contributed by atoms with van der Waals surface area (Å²) in [6, 6.07) is 9.70. The molecule has 6 nitrogen and oxygen atoms in total. The second-order valence-electron chi connectivity index (χ2n) is 6.75. The van der Waals surface area contributed by atoms with Gasteiger partial charge < -0.3 is 15.0 Å². The summed E-state index contributed by atoms with van der Waals surface area (Å²) in [6.45, 7) is 4.55. The third kappa shape index (κ3) is 4.50. The standard InChI is InChI=1S/C20H26N4O2/c1-15-8-11-24(12-9-15)20(25)17-13-19(23-14-22-17)21-10-7-16-5-3-4-6-18(16)26-2/h3-6,13-15H,7-12H2,1-2H3,(H,21,22,23). The molecule has 138 valence electrons. The second kappa shape index (κ2) is 8.65. The fraction of sp³-hybridized carbons (Fsp3) is 0.450. The zero-order valence-electron chi connectivity index (χ0n) is 15.4. The number of methoxy groups -OCH3 is 1. The first-order chi connectivity index (χ1) is 12.7. The first kappa shape index (κ1) is 18.2. The van der Waals surface area contributed by atoms with E-state index in [1.165, 1.54) is 6.33 Å². The minimum absolute atomic E-state index is 0.00733. The van der Waals surface area contributed by atoms with Crippen LogP contribution in [0.1, 0.15) is 35.8 Å². The number of hydrogen-bond acceptors (Lipinski definition) is 5. The van der Waals surface area contributed by atoms with Gasteiger partial charge in [0.15, 0.2) is 0 Å². The van der Waals surface area contributed by atoms with Crippen molar-refractivity contribution >= 4 is 11.7 Å². The maximum Gasteiger partial charge on any atom is 0.272 e. The molecule has 6 heteroatoms. The smallest absolute Gasteiger partial charge is 0.272 e. The highest BCUT2D eigenvalue weighted by Crippen LogP contribution is 2.19. The van der Waals surface area contributed by atoms with Gasteiger partial charge in [-0.05, 0) is 36.8 Å². The number of carbonyl (C=O) groups is 1. The molecule has 2 heterocycles. The second-order valence-corrected chi connectivity index (χ2v) is 6.75. The van der Waals surface area contributed by atoms with Gasteiger partial charge in [0.25, 0.3) is 5.91 Å². The van der Waals surface area contributed by atoms with Crippen molar-refractivity contribution in [2.45, 2.75) is 26.2 Å². The van der Waals surface area contributed by atoms with Crippen LogP contribution in [-0.4, -0.2) is 47.5 Å². The molecule has 0 atom stereocenters. The predicted molar refractivity (Wildman–Crippen MR) is 102 cm³/mol. The minimum Gasteiger partial charge on any atom is -0.496 e. The van der Waals surface area contributed by atoms with Gasteiger partial charge >= 0.3 is 0 Å². The zero-order valence-corrected chi connectivity index (χ0v) is 15.4. The van der Waals surface area contributed by atoms with Crippen molar-refractivity contribution in [3.8, 4) is 5.75 Å². The zero-order chi connectivity index (χ0) is 18.4. The lowest BCUT2D eigenvalue weighted by molar-refractivity contribution is 0.0691. The number of nitrogens with zero attached hydrogens (tertiary/aromatic N) is 3. The van der Waals surface area contributed by atoms with Crippen LogP contribution in [-0.2, 0) is 6.42 Å². The third-order valence-corrected chi connectivity index (χ3v) is 4.85. The van der Waals surface area contributed by atoms with Crippen molar-refractivity contribution in [3.63, 3.8) is 0 Å². The number of amides is 1. The Bertz CT molecular complexity index is 742. The summed E-state index contributed by atoms with van der Waals surface area (Å²) < 4.78 is 5.37. The van der Waals surface area contributed by atoms with E-state index in [0.717, 1.165) is 43.7 Å². The summed E-state index contributed by atoms with van der Waals surface area (Å²) >= 11 is 0. The molecule has 0 bridgehead atoms. The lowest BCUT2D eigenvalue weighted by Crippen LogP contribution is -2.38. The van der Waals surface area contributed by atoms with Gasteiger partial charge in [-0.3, -0.25) is 4.79 Å². The molecule has 1 saturated heterocycles. The normalized spacial score (nSPS) is 14.9. The minimum atomic E-state index is -0.00733. The van der Waals surface area contributed by atoms with Gasteiger partial charge in [0.05, 0.1) is 7.11 Å². The Morgan fingerprint density at radius 2 is 2.04 bits per heavy atom. The molecular formula is C20H26N4O2. The molecule has 0 unspecified atom stereocenters. The number of nitrogens with one attached hydrogen (secondary N) is 1. The van der Waals surface area contributed by atoms with E-state index in [2.05, 4.69) is 22.2 Å². The van der Waals surface area contributed by atoms with Gasteiger partial charge in [-0.1, -0.05) is 25.1 Å². The molecule has 1 aliphatic rings. The summed E-state index contributed by atoms with van der Waals surface area (Å²) in [5, 5.41) is 3.27. The van der Waals surface area contributed by atoms with Gasteiger partial charge in [0.2, 0.25) is 0 Å². The van der Waals surface area contributed by atoms with E-state index < -0.39 is 0 Å². The van der Waals surface area contributed by atoms with E-state index in [0.29, 0.717) is 24.0 Å². The maximum absolute atomic E-state index is 12.6. The van der Waals surface area contributed by atoms with Gasteiger partial charge in [0, 0.05) is 25.7 Å². The molecule has 0 saturated carbocycles. The van der Waals surface area contributed by atoms with Crippen LogP contribution in [0.4, 0.5) is 5.82 Å². The number of likely N-dealkylation sites (tertiary alicyclic amines) is 1. The number of piperidine rings is 1. The van der Waals surface area contributed by atoms with Gasteiger partial charge in [-0.15, -0.1) is 0 Å². The fourth-order valence-electron chi connectivity index (χ4n) is 3.18. The number of hydrogen-bond donors (Lipinski definition) is 1. The Labute approximate surface area is 154 Å². The van der Waals surface area contributed by atoms with Crippen LogP contribution in [0.5, 0.6) is 5.75 Å². The number of para-hydroxylation sites is 1. The first-order valence-electron chi connectivity index (χ1n) is 9.14. The number of anilines is 1. The summed E-state index contributed by atoms with van der Waals surface area (Å²) in [5.41, 5.74) is 1.59. The lowest BCUT2D eigenvalue weighted by Gasteiger charge is -2.30. The van der Waals surface area contributed by atoms with Crippen molar-refractivity contribution in [2.24, 2.45) is 5.92 Å². The number of aromatic nitrogens is 2. The molecule has 2 aromatic rings. The van der Waals surface area contributed by atoms with E-state index in [1.54, 1.807) is 13.2 Å². The molecule has 0 radical (unpaired) electrons. The van der Waals surface area contributed by atoms with Crippen molar-refractivity contribution in [2.75, 3.05) is 32.1 Å². The molecule has 0 aliphatic carbocycles. The SMILES string of the molecule is COc1ccccc1CCNc1cc(C(=O)N2CCC(C)CC2)ncn1. The molecule has 1 fully saturated rings. The third-order valence-electron chi connectivity index (χ3n) is 4.85. The average molecular weight is 354 g/mol. The fourth-order valence-corrected chi connectivity index (χ4v) is 3.18.